The molecule has 0 bridgehead atoms. The Morgan fingerprint density at radius 2 is 1.57 bits per heavy atom. The van der Waals surface area contributed by atoms with Crippen molar-refractivity contribution in [3.05, 3.63) is 59.7 Å². The lowest BCUT2D eigenvalue weighted by Crippen LogP contribution is -2.28. The van der Waals surface area contributed by atoms with E-state index >= 15 is 0 Å². The molecule has 0 radical (unpaired) electrons. The Bertz CT molecular complexity index is 674. The molecule has 0 unspecified atom stereocenters. The smallest absolute Gasteiger partial charge is 0.159 e. The molecule has 1 fully saturated rings. The summed E-state index contributed by atoms with van der Waals surface area (Å²) in [6.07, 6.45) is 5.38. The number of benzene rings is 2. The second kappa shape index (κ2) is 6.69. The van der Waals surface area contributed by atoms with Gasteiger partial charge in [0.15, 0.2) is 11.6 Å². The minimum atomic E-state index is -0.794. The van der Waals surface area contributed by atoms with Crippen LogP contribution in [0.3, 0.4) is 0 Å². The zero-order valence-corrected chi connectivity index (χ0v) is 17.3. The Morgan fingerprint density at radius 1 is 0.957 bits per heavy atom. The van der Waals surface area contributed by atoms with Gasteiger partial charge in [0.05, 0.1) is 0 Å². The van der Waals surface area contributed by atoms with E-state index in [0.29, 0.717) is 0 Å². The van der Waals surface area contributed by atoms with Crippen molar-refractivity contribution in [3.63, 3.8) is 0 Å². The van der Waals surface area contributed by atoms with Gasteiger partial charge in [-0.25, -0.2) is 8.78 Å². The number of hydrogen-bond donors (Lipinski definition) is 0. The van der Waals surface area contributed by atoms with Gasteiger partial charge < -0.3 is 0 Å². The van der Waals surface area contributed by atoms with Crippen LogP contribution in [0.15, 0.2) is 42.5 Å². The topological polar surface area (TPSA) is 0 Å². The lowest BCUT2D eigenvalue weighted by molar-refractivity contribution is 0.319. The van der Waals surface area contributed by atoms with Crippen LogP contribution in [0.1, 0.15) is 38.2 Å². The third kappa shape index (κ3) is 3.48. The Kier molecular flexibility index (Phi) is 4.83. The van der Waals surface area contributed by atoms with E-state index in [4.69, 9.17) is 0 Å². The summed E-state index contributed by atoms with van der Waals surface area (Å²) in [5, 5.41) is 0. The van der Waals surface area contributed by atoms with Crippen molar-refractivity contribution in [1.29, 1.82) is 0 Å². The summed E-state index contributed by atoms with van der Waals surface area (Å²) in [6, 6.07) is 12.5. The first-order valence-corrected chi connectivity index (χ1v) is 15.0. The molecule has 0 nitrogen and oxygen atoms in total. The van der Waals surface area contributed by atoms with Crippen LogP contribution >= 0.6 is 0 Å². The monoisotopic (exact) mass is 346 g/mol. The molecule has 0 heterocycles. The summed E-state index contributed by atoms with van der Waals surface area (Å²) in [5.41, 5.74) is 4.42. The van der Waals surface area contributed by atoms with E-state index in [0.717, 1.165) is 16.7 Å². The highest BCUT2D eigenvalue weighted by molar-refractivity contribution is 6.90. The molecule has 0 aliphatic heterocycles. The maximum absolute atomic E-state index is 13.4. The Hall–Kier alpha value is -1.27. The first-order valence-electron chi connectivity index (χ1n) is 8.58. The van der Waals surface area contributed by atoms with Crippen molar-refractivity contribution in [2.24, 2.45) is 0 Å². The van der Waals surface area contributed by atoms with Crippen molar-refractivity contribution < 1.29 is 8.78 Å². The summed E-state index contributed by atoms with van der Waals surface area (Å²) in [7, 11) is 1.71. The molecule has 0 atom stereocenters. The SMILES string of the molecule is C[C@]1(c2ccc(-c3ccc(F)c(F)c3)cc2)CC[C@H]([SiH2][SiH3])CC1. The van der Waals surface area contributed by atoms with Gasteiger partial charge in [-0.15, -0.1) is 0 Å². The van der Waals surface area contributed by atoms with Gasteiger partial charge in [-0.1, -0.05) is 55.6 Å². The van der Waals surface area contributed by atoms with Crippen molar-refractivity contribution in [1.82, 2.24) is 0 Å². The molecule has 0 saturated heterocycles. The van der Waals surface area contributed by atoms with Crippen molar-refractivity contribution in [2.45, 2.75) is 43.6 Å². The van der Waals surface area contributed by atoms with Crippen LogP contribution < -0.4 is 0 Å². The summed E-state index contributed by atoms with van der Waals surface area (Å²) in [5.74, 6) is -1.58. The summed E-state index contributed by atoms with van der Waals surface area (Å²) in [6.45, 7) is 2.38. The minimum Gasteiger partial charge on any atom is -0.204 e. The van der Waals surface area contributed by atoms with Crippen LogP contribution in [0.4, 0.5) is 8.78 Å². The van der Waals surface area contributed by atoms with Crippen molar-refractivity contribution in [2.75, 3.05) is 0 Å². The molecule has 0 N–H and O–H groups in total. The standard InChI is InChI=1S/C19H24F2Si2/c1-19(10-8-16(23-22)9-11-19)15-5-2-13(3-6-15)14-4-7-17(20)18(21)12-14/h2-7,12,16H,8-11,23H2,1,22H3/t16-,19-. The van der Waals surface area contributed by atoms with Crippen molar-refractivity contribution in [3.8, 4) is 11.1 Å². The van der Waals surface area contributed by atoms with Gasteiger partial charge in [0.2, 0.25) is 0 Å². The molecule has 1 saturated carbocycles. The van der Waals surface area contributed by atoms with Crippen LogP contribution in [-0.2, 0) is 5.41 Å². The third-order valence-electron chi connectivity index (χ3n) is 5.62. The van der Waals surface area contributed by atoms with Crippen LogP contribution in [0.2, 0.25) is 5.54 Å². The number of hydrogen-bond acceptors (Lipinski definition) is 0. The second-order valence-corrected chi connectivity index (χ2v) is 11.5. The van der Waals surface area contributed by atoms with Gasteiger partial charge in [0.1, 0.15) is 0 Å². The minimum absolute atomic E-state index is 0.264. The highest BCUT2D eigenvalue weighted by atomic mass is 29.1. The van der Waals surface area contributed by atoms with Crippen LogP contribution in [-0.4, -0.2) is 18.8 Å². The Balaban J connectivity index is 1.80. The third-order valence-corrected chi connectivity index (χ3v) is 11.1. The molecule has 0 spiro atoms. The Morgan fingerprint density at radius 3 is 2.13 bits per heavy atom. The summed E-state index contributed by atoms with van der Waals surface area (Å²) < 4.78 is 26.5. The predicted molar refractivity (Wildman–Crippen MR) is 99.8 cm³/mol. The Labute approximate surface area is 142 Å². The van der Waals surface area contributed by atoms with Gasteiger partial charge in [0, 0.05) is 9.04 Å². The van der Waals surface area contributed by atoms with E-state index < -0.39 is 11.6 Å². The molecule has 0 amide bonds. The van der Waals surface area contributed by atoms with E-state index in [1.54, 1.807) is 6.07 Å². The molecule has 4 heteroatoms. The second-order valence-electron chi connectivity index (χ2n) is 7.12. The zero-order chi connectivity index (χ0) is 16.4. The van der Waals surface area contributed by atoms with Gasteiger partial charge >= 0.3 is 0 Å². The van der Waals surface area contributed by atoms with Crippen molar-refractivity contribution >= 4 is 18.8 Å². The first kappa shape index (κ1) is 16.6. The molecule has 0 aromatic heterocycles. The van der Waals surface area contributed by atoms with E-state index in [1.165, 1.54) is 53.1 Å². The van der Waals surface area contributed by atoms with Gasteiger partial charge in [-0.2, -0.15) is 0 Å². The molecular formula is C19H24F2Si2. The normalized spacial score (nSPS) is 25.3. The summed E-state index contributed by atoms with van der Waals surface area (Å²) in [4.78, 5) is 0. The number of rotatable bonds is 3. The maximum Gasteiger partial charge on any atom is 0.159 e. The maximum atomic E-state index is 13.4. The lowest BCUT2D eigenvalue weighted by atomic mass is 9.70. The molecule has 23 heavy (non-hydrogen) atoms. The lowest BCUT2D eigenvalue weighted by Gasteiger charge is -2.37. The van der Waals surface area contributed by atoms with Crippen LogP contribution in [0.25, 0.3) is 11.1 Å². The van der Waals surface area contributed by atoms with E-state index in [9.17, 15) is 8.78 Å². The van der Waals surface area contributed by atoms with Gasteiger partial charge in [-0.05, 0) is 56.8 Å². The van der Waals surface area contributed by atoms with Crippen LogP contribution in [0, 0.1) is 11.6 Å². The largest absolute Gasteiger partial charge is 0.204 e. The quantitative estimate of drug-likeness (QED) is 0.744. The molecular weight excluding hydrogens is 322 g/mol. The number of halogens is 2. The zero-order valence-electron chi connectivity index (χ0n) is 13.9. The van der Waals surface area contributed by atoms with E-state index in [-0.39, 0.29) is 14.5 Å². The molecule has 3 rings (SSSR count). The highest BCUT2D eigenvalue weighted by Gasteiger charge is 2.31. The van der Waals surface area contributed by atoms with Gasteiger partial charge in [0.25, 0.3) is 0 Å². The average Bonchev–Trinajstić information content (AvgIpc) is 2.58. The molecule has 2 aromatic carbocycles. The van der Waals surface area contributed by atoms with E-state index in [1.807, 2.05) is 12.1 Å². The fourth-order valence-electron chi connectivity index (χ4n) is 3.75. The van der Waals surface area contributed by atoms with E-state index in [2.05, 4.69) is 19.1 Å². The van der Waals surface area contributed by atoms with Crippen LogP contribution in [0.5, 0.6) is 0 Å². The fourth-order valence-corrected chi connectivity index (χ4v) is 7.43. The molecule has 1 aliphatic rings. The highest BCUT2D eigenvalue weighted by Crippen LogP contribution is 2.43. The average molecular weight is 347 g/mol. The fraction of sp³-hybridized carbons (Fsp3) is 0.368. The van der Waals surface area contributed by atoms with Gasteiger partial charge in [-0.3, -0.25) is 0 Å². The first-order chi connectivity index (χ1) is 11.0. The molecule has 2 aromatic rings. The molecule has 1 aliphatic carbocycles. The molecule has 122 valence electrons. The predicted octanol–water partition coefficient (Wildman–Crippen LogP) is 3.70. The summed E-state index contributed by atoms with van der Waals surface area (Å²) >= 11 is 0.